The summed E-state index contributed by atoms with van der Waals surface area (Å²) < 4.78 is 5.14. The van der Waals surface area contributed by atoms with Gasteiger partial charge in [-0.15, -0.1) is 0 Å². The molecule has 0 aliphatic carbocycles. The number of nitrogens with zero attached hydrogens (tertiary/aromatic N) is 1. The molecule has 0 saturated carbocycles. The molecule has 2 atom stereocenters. The number of nitrogens with one attached hydrogen (secondary N) is 1. The van der Waals surface area contributed by atoms with Crippen molar-refractivity contribution >= 4 is 11.9 Å². The molecule has 2 aliphatic rings. The molecule has 2 unspecified atom stereocenters. The SMILES string of the molecule is CN(C(=O)C1CNC1)C1COCC1C(=O)O. The highest BCUT2D eigenvalue weighted by Crippen LogP contribution is 2.21. The average molecular weight is 228 g/mol. The summed E-state index contributed by atoms with van der Waals surface area (Å²) in [5, 5.41) is 12.0. The van der Waals surface area contributed by atoms with Gasteiger partial charge in [-0.1, -0.05) is 0 Å². The van der Waals surface area contributed by atoms with Gasteiger partial charge in [-0.05, 0) is 0 Å². The van der Waals surface area contributed by atoms with Gasteiger partial charge in [0.25, 0.3) is 0 Å². The van der Waals surface area contributed by atoms with E-state index in [0.717, 1.165) is 0 Å². The topological polar surface area (TPSA) is 78.9 Å². The fourth-order valence-electron chi connectivity index (χ4n) is 2.08. The molecule has 0 aromatic carbocycles. The third-order valence-corrected chi connectivity index (χ3v) is 3.34. The van der Waals surface area contributed by atoms with Crippen LogP contribution in [0.5, 0.6) is 0 Å². The van der Waals surface area contributed by atoms with Crippen LogP contribution in [0.3, 0.4) is 0 Å². The normalized spacial score (nSPS) is 29.8. The first-order valence-electron chi connectivity index (χ1n) is 5.39. The summed E-state index contributed by atoms with van der Waals surface area (Å²) in [4.78, 5) is 24.4. The number of carbonyl (C=O) groups excluding carboxylic acids is 1. The molecule has 2 N–H and O–H groups in total. The van der Waals surface area contributed by atoms with Crippen LogP contribution in [0.2, 0.25) is 0 Å². The number of hydrogen-bond donors (Lipinski definition) is 2. The number of carbonyl (C=O) groups is 2. The van der Waals surface area contributed by atoms with Gasteiger partial charge >= 0.3 is 5.97 Å². The van der Waals surface area contributed by atoms with Gasteiger partial charge in [-0.25, -0.2) is 0 Å². The van der Waals surface area contributed by atoms with Crippen LogP contribution >= 0.6 is 0 Å². The molecule has 6 heteroatoms. The van der Waals surface area contributed by atoms with Gasteiger partial charge in [0.05, 0.1) is 25.2 Å². The molecular formula is C10H16N2O4. The van der Waals surface area contributed by atoms with E-state index in [9.17, 15) is 9.59 Å². The maximum Gasteiger partial charge on any atom is 0.311 e. The van der Waals surface area contributed by atoms with E-state index in [-0.39, 0.29) is 24.5 Å². The molecule has 2 fully saturated rings. The smallest absolute Gasteiger partial charge is 0.311 e. The first-order valence-corrected chi connectivity index (χ1v) is 5.39. The molecule has 6 nitrogen and oxygen atoms in total. The van der Waals surface area contributed by atoms with Gasteiger partial charge < -0.3 is 20.1 Å². The van der Waals surface area contributed by atoms with E-state index in [0.29, 0.717) is 19.7 Å². The Bertz CT molecular complexity index is 303. The van der Waals surface area contributed by atoms with Crippen LogP contribution in [0, 0.1) is 11.8 Å². The van der Waals surface area contributed by atoms with Crippen LogP contribution in [0.1, 0.15) is 0 Å². The van der Waals surface area contributed by atoms with Gasteiger partial charge in [0.1, 0.15) is 5.92 Å². The lowest BCUT2D eigenvalue weighted by Gasteiger charge is -2.34. The van der Waals surface area contributed by atoms with Gasteiger partial charge in [-0.2, -0.15) is 0 Å². The van der Waals surface area contributed by atoms with Crippen molar-refractivity contribution in [1.82, 2.24) is 10.2 Å². The Kier molecular flexibility index (Phi) is 3.11. The largest absolute Gasteiger partial charge is 0.481 e. The van der Waals surface area contributed by atoms with Crippen LogP contribution in [0.25, 0.3) is 0 Å². The lowest BCUT2D eigenvalue weighted by atomic mass is 9.98. The van der Waals surface area contributed by atoms with Crippen molar-refractivity contribution in [3.8, 4) is 0 Å². The standard InChI is InChI=1S/C10H16N2O4/c1-12(9(13)6-2-11-3-6)8-5-16-4-7(8)10(14)15/h6-8,11H,2-5H2,1H3,(H,14,15). The number of carboxylic acids is 1. The summed E-state index contributed by atoms with van der Waals surface area (Å²) in [6.45, 7) is 1.89. The van der Waals surface area contributed by atoms with Crippen LogP contribution in [-0.4, -0.2) is 61.3 Å². The minimum absolute atomic E-state index is 0.0000416. The summed E-state index contributed by atoms with van der Waals surface area (Å²) in [6.07, 6.45) is 0. The Balaban J connectivity index is 1.99. The fraction of sp³-hybridized carbons (Fsp3) is 0.800. The van der Waals surface area contributed by atoms with Crippen molar-refractivity contribution in [2.75, 3.05) is 33.4 Å². The fourth-order valence-corrected chi connectivity index (χ4v) is 2.08. The third kappa shape index (κ3) is 1.90. The van der Waals surface area contributed by atoms with Crippen molar-refractivity contribution in [2.45, 2.75) is 6.04 Å². The molecule has 0 radical (unpaired) electrons. The number of carboxylic acid groups (broad SMARTS) is 1. The summed E-state index contributed by atoms with van der Waals surface area (Å²) in [5.74, 6) is -1.48. The van der Waals surface area contributed by atoms with Crippen molar-refractivity contribution in [1.29, 1.82) is 0 Å². The third-order valence-electron chi connectivity index (χ3n) is 3.34. The Hall–Kier alpha value is -1.14. The highest BCUT2D eigenvalue weighted by atomic mass is 16.5. The molecule has 16 heavy (non-hydrogen) atoms. The van der Waals surface area contributed by atoms with E-state index in [2.05, 4.69) is 5.32 Å². The second kappa shape index (κ2) is 4.39. The molecule has 0 aromatic heterocycles. The molecule has 0 spiro atoms. The molecule has 2 aliphatic heterocycles. The van der Waals surface area contributed by atoms with Crippen molar-refractivity contribution in [3.63, 3.8) is 0 Å². The molecule has 1 amide bonds. The predicted octanol–water partition coefficient (Wildman–Crippen LogP) is -1.24. The lowest BCUT2D eigenvalue weighted by Crippen LogP contribution is -2.55. The molecule has 2 saturated heterocycles. The highest BCUT2D eigenvalue weighted by Gasteiger charge is 2.40. The summed E-state index contributed by atoms with van der Waals surface area (Å²) in [6, 6.07) is -0.328. The van der Waals surface area contributed by atoms with Crippen molar-refractivity contribution < 1.29 is 19.4 Å². The first-order chi connectivity index (χ1) is 7.61. The van der Waals surface area contributed by atoms with E-state index < -0.39 is 11.9 Å². The van der Waals surface area contributed by atoms with Crippen molar-refractivity contribution in [3.05, 3.63) is 0 Å². The molecule has 0 bridgehead atoms. The monoisotopic (exact) mass is 228 g/mol. The van der Waals surface area contributed by atoms with Crippen molar-refractivity contribution in [2.24, 2.45) is 11.8 Å². The number of hydrogen-bond acceptors (Lipinski definition) is 4. The minimum atomic E-state index is -0.895. The van der Waals surface area contributed by atoms with E-state index >= 15 is 0 Å². The zero-order chi connectivity index (χ0) is 11.7. The zero-order valence-electron chi connectivity index (χ0n) is 9.18. The summed E-state index contributed by atoms with van der Waals surface area (Å²) >= 11 is 0. The molecule has 0 aromatic rings. The molecule has 2 heterocycles. The second-order valence-electron chi connectivity index (χ2n) is 4.35. The number of likely N-dealkylation sites (N-methyl/N-ethyl adjacent to an activating group) is 1. The Morgan fingerprint density at radius 1 is 1.38 bits per heavy atom. The van der Waals surface area contributed by atoms with Crippen LogP contribution in [-0.2, 0) is 14.3 Å². The highest BCUT2D eigenvalue weighted by molar-refractivity contribution is 5.81. The Morgan fingerprint density at radius 3 is 2.56 bits per heavy atom. The molecular weight excluding hydrogens is 212 g/mol. The Morgan fingerprint density at radius 2 is 2.06 bits per heavy atom. The number of ether oxygens (including phenoxy) is 1. The van der Waals surface area contributed by atoms with Crippen LogP contribution in [0.15, 0.2) is 0 Å². The van der Waals surface area contributed by atoms with Gasteiger partial charge in [-0.3, -0.25) is 9.59 Å². The number of rotatable bonds is 3. The summed E-state index contributed by atoms with van der Waals surface area (Å²) in [7, 11) is 1.66. The van der Waals surface area contributed by atoms with Gasteiger partial charge in [0.15, 0.2) is 0 Å². The Labute approximate surface area is 93.6 Å². The van der Waals surface area contributed by atoms with E-state index in [4.69, 9.17) is 9.84 Å². The number of aliphatic carboxylic acids is 1. The second-order valence-corrected chi connectivity index (χ2v) is 4.35. The van der Waals surface area contributed by atoms with E-state index in [1.807, 2.05) is 0 Å². The zero-order valence-corrected chi connectivity index (χ0v) is 9.18. The maximum atomic E-state index is 11.9. The maximum absolute atomic E-state index is 11.9. The van der Waals surface area contributed by atoms with Gasteiger partial charge in [0.2, 0.25) is 5.91 Å². The van der Waals surface area contributed by atoms with E-state index in [1.165, 1.54) is 4.90 Å². The van der Waals surface area contributed by atoms with Gasteiger partial charge in [0, 0.05) is 20.1 Å². The summed E-state index contributed by atoms with van der Waals surface area (Å²) in [5.41, 5.74) is 0. The van der Waals surface area contributed by atoms with Crippen LogP contribution in [0.4, 0.5) is 0 Å². The van der Waals surface area contributed by atoms with Crippen LogP contribution < -0.4 is 5.32 Å². The quantitative estimate of drug-likeness (QED) is 0.632. The number of amides is 1. The molecule has 2 rings (SSSR count). The first kappa shape index (κ1) is 11.3. The predicted molar refractivity (Wildman–Crippen MR) is 54.9 cm³/mol. The molecule has 90 valence electrons. The minimum Gasteiger partial charge on any atom is -0.481 e. The van der Waals surface area contributed by atoms with E-state index in [1.54, 1.807) is 7.05 Å². The lowest BCUT2D eigenvalue weighted by molar-refractivity contribution is -0.145. The average Bonchev–Trinajstić information content (AvgIpc) is 2.61.